The van der Waals surface area contributed by atoms with Crippen molar-refractivity contribution < 1.29 is 4.39 Å². The smallest absolute Gasteiger partial charge is 0.354 e. The third-order valence-electron chi connectivity index (χ3n) is 8.89. The fourth-order valence-corrected chi connectivity index (χ4v) is 6.69. The van der Waals surface area contributed by atoms with Gasteiger partial charge in [-0.1, -0.05) is 50.4 Å². The molecule has 4 N–H and O–H groups in total. The van der Waals surface area contributed by atoms with Crippen LogP contribution in [0.3, 0.4) is 0 Å². The van der Waals surface area contributed by atoms with E-state index in [-0.39, 0.29) is 11.1 Å². The predicted molar refractivity (Wildman–Crippen MR) is 181 cm³/mol. The Labute approximate surface area is 268 Å². The number of aromatic amines is 1. The molecule has 2 aliphatic rings. The largest absolute Gasteiger partial charge is 0.373 e. The van der Waals surface area contributed by atoms with Crippen LogP contribution in [0.25, 0.3) is 28.0 Å². The second-order valence-electron chi connectivity index (χ2n) is 12.8. The van der Waals surface area contributed by atoms with Gasteiger partial charge in [0.2, 0.25) is 0 Å². The fraction of sp³-hybridized carbons (Fsp3) is 0.457. The summed E-state index contributed by atoms with van der Waals surface area (Å²) in [4.78, 5) is 25.1. The van der Waals surface area contributed by atoms with Crippen LogP contribution in [-0.4, -0.2) is 52.6 Å². The van der Waals surface area contributed by atoms with E-state index in [1.807, 2.05) is 24.3 Å². The van der Waals surface area contributed by atoms with Crippen molar-refractivity contribution in [3.05, 3.63) is 81.1 Å². The first-order valence-corrected chi connectivity index (χ1v) is 16.7. The van der Waals surface area contributed by atoms with Crippen molar-refractivity contribution in [1.29, 1.82) is 0 Å². The highest BCUT2D eigenvalue weighted by Gasteiger charge is 2.22. The summed E-state index contributed by atoms with van der Waals surface area (Å²) in [5.74, 6) is 1.19. The third kappa shape index (κ3) is 7.65. The van der Waals surface area contributed by atoms with Crippen LogP contribution in [0.5, 0.6) is 0 Å². The Hall–Kier alpha value is -3.53. The van der Waals surface area contributed by atoms with E-state index in [1.54, 1.807) is 16.8 Å². The molecule has 0 saturated carbocycles. The quantitative estimate of drug-likeness (QED) is 0.164. The van der Waals surface area contributed by atoms with Crippen molar-refractivity contribution in [1.82, 2.24) is 30.5 Å². The average molecular weight is 632 g/mol. The number of amidine groups is 1. The number of aromatic nitrogens is 3. The van der Waals surface area contributed by atoms with E-state index in [1.165, 1.54) is 18.4 Å². The first-order valence-electron chi connectivity index (χ1n) is 16.3. The molecule has 1 fully saturated rings. The minimum absolute atomic E-state index is 0.0979. The van der Waals surface area contributed by atoms with Crippen molar-refractivity contribution in [3.8, 4) is 16.9 Å². The van der Waals surface area contributed by atoms with Crippen molar-refractivity contribution in [2.75, 3.05) is 26.2 Å². The minimum Gasteiger partial charge on any atom is -0.373 e. The molecule has 4 heterocycles. The van der Waals surface area contributed by atoms with E-state index in [0.29, 0.717) is 28.9 Å². The number of hydrogen-bond donors (Lipinski definition) is 4. The molecule has 0 amide bonds. The van der Waals surface area contributed by atoms with Crippen molar-refractivity contribution in [3.63, 3.8) is 0 Å². The summed E-state index contributed by atoms with van der Waals surface area (Å²) in [6.07, 6.45) is 9.17. The molecule has 238 valence electrons. The highest BCUT2D eigenvalue weighted by Crippen LogP contribution is 2.32. The first-order chi connectivity index (χ1) is 21.8. The summed E-state index contributed by atoms with van der Waals surface area (Å²) in [5.41, 5.74) is 3.90. The van der Waals surface area contributed by atoms with Crippen LogP contribution in [0.1, 0.15) is 69.5 Å². The molecule has 4 aromatic rings. The number of piperidine rings is 1. The Kier molecular flexibility index (Phi) is 9.97. The van der Waals surface area contributed by atoms with Crippen LogP contribution < -0.4 is 21.6 Å². The molecule has 2 unspecified atom stereocenters. The summed E-state index contributed by atoms with van der Waals surface area (Å²) < 4.78 is 16.7. The van der Waals surface area contributed by atoms with Gasteiger partial charge in [0.25, 0.3) is 0 Å². The first kappa shape index (κ1) is 31.5. The number of fused-ring (bicyclic) bond motifs is 1. The average Bonchev–Trinajstić information content (AvgIpc) is 3.45. The third-order valence-corrected chi connectivity index (χ3v) is 9.17. The van der Waals surface area contributed by atoms with Crippen LogP contribution in [0.15, 0.2) is 58.4 Å². The van der Waals surface area contributed by atoms with Crippen LogP contribution in [0, 0.1) is 11.7 Å². The molecule has 2 aromatic heterocycles. The van der Waals surface area contributed by atoms with Gasteiger partial charge in [0.1, 0.15) is 11.5 Å². The van der Waals surface area contributed by atoms with E-state index >= 15 is 4.39 Å². The molecule has 0 spiro atoms. The second-order valence-corrected chi connectivity index (χ2v) is 13.2. The molecule has 6 rings (SSSR count). The Bertz CT molecular complexity index is 1710. The maximum atomic E-state index is 15.2. The standard InChI is InChI=1S/C35H43ClFN7O/c1-22(2)5-3-6-23-17-28(33(37)29(36)18-23)31-19-25-21-44(35(45)43-34(25)42-31)27-11-9-24(10-12-27)30-8-4-7-26(41-30)13-14-39-32-20-38-15-16-40-32/h9-12,17-19,21-22,26,30,38,41H,3-8,13-16,20H2,1-2H3,(H,39,40)(H,42,43,45). The zero-order valence-corrected chi connectivity index (χ0v) is 26.9. The number of aryl methyl sites for hydroxylation is 1. The molecule has 2 aromatic carbocycles. The van der Waals surface area contributed by atoms with Gasteiger partial charge in [-0.15, -0.1) is 0 Å². The molecule has 8 nitrogen and oxygen atoms in total. The van der Waals surface area contributed by atoms with Gasteiger partial charge in [-0.3, -0.25) is 9.56 Å². The molecule has 45 heavy (non-hydrogen) atoms. The van der Waals surface area contributed by atoms with Gasteiger partial charge in [0.05, 0.1) is 29.5 Å². The number of aliphatic imine (C=N–C) groups is 1. The molecule has 2 aliphatic heterocycles. The van der Waals surface area contributed by atoms with Gasteiger partial charge in [-0.2, -0.15) is 4.98 Å². The van der Waals surface area contributed by atoms with E-state index < -0.39 is 11.5 Å². The minimum atomic E-state index is -0.479. The monoisotopic (exact) mass is 631 g/mol. The van der Waals surface area contributed by atoms with E-state index in [2.05, 4.69) is 56.9 Å². The Morgan fingerprint density at radius 1 is 1.16 bits per heavy atom. The van der Waals surface area contributed by atoms with Gasteiger partial charge >= 0.3 is 5.69 Å². The van der Waals surface area contributed by atoms with Gasteiger partial charge in [0.15, 0.2) is 5.82 Å². The van der Waals surface area contributed by atoms with E-state index in [4.69, 9.17) is 11.6 Å². The summed E-state index contributed by atoms with van der Waals surface area (Å²) in [6.45, 7) is 7.92. The summed E-state index contributed by atoms with van der Waals surface area (Å²) in [6, 6.07) is 14.2. The number of benzene rings is 2. The van der Waals surface area contributed by atoms with Crippen LogP contribution in [0.4, 0.5) is 4.39 Å². The molecular formula is C35H43ClFN7O. The maximum absolute atomic E-state index is 15.2. The van der Waals surface area contributed by atoms with Crippen molar-refractivity contribution >= 4 is 28.5 Å². The molecule has 1 saturated heterocycles. The topological polar surface area (TPSA) is 99.1 Å². The zero-order chi connectivity index (χ0) is 31.3. The lowest BCUT2D eigenvalue weighted by molar-refractivity contribution is 0.312. The Morgan fingerprint density at radius 2 is 2.00 bits per heavy atom. The van der Waals surface area contributed by atoms with Crippen LogP contribution in [-0.2, 0) is 6.42 Å². The Morgan fingerprint density at radius 3 is 2.78 bits per heavy atom. The summed E-state index contributed by atoms with van der Waals surface area (Å²) in [5, 5.41) is 11.5. The van der Waals surface area contributed by atoms with Crippen molar-refractivity contribution in [2.24, 2.45) is 10.9 Å². The number of nitrogens with zero attached hydrogens (tertiary/aromatic N) is 3. The van der Waals surface area contributed by atoms with Crippen LogP contribution >= 0.6 is 11.6 Å². The van der Waals surface area contributed by atoms with E-state index in [9.17, 15) is 4.79 Å². The number of H-pyrrole nitrogens is 1. The highest BCUT2D eigenvalue weighted by atomic mass is 35.5. The SMILES string of the molecule is CC(C)CCCc1cc(Cl)c(F)c(-c2cc3cn(-c4ccc(C5CCCC(CCNC6=NCCNC6)N5)cc4)c(=O)nc3[nH]2)c1. The normalized spacial score (nSPS) is 18.8. The lowest BCUT2D eigenvalue weighted by atomic mass is 9.92. The number of hydrogen-bond acceptors (Lipinski definition) is 6. The summed E-state index contributed by atoms with van der Waals surface area (Å²) >= 11 is 6.30. The lowest BCUT2D eigenvalue weighted by Crippen LogP contribution is -2.42. The lowest BCUT2D eigenvalue weighted by Gasteiger charge is -2.32. The zero-order valence-electron chi connectivity index (χ0n) is 26.1. The summed E-state index contributed by atoms with van der Waals surface area (Å²) in [7, 11) is 0. The number of rotatable bonds is 10. The fourth-order valence-electron chi connectivity index (χ4n) is 6.44. The van der Waals surface area contributed by atoms with Gasteiger partial charge in [-0.25, -0.2) is 9.18 Å². The maximum Gasteiger partial charge on any atom is 0.354 e. The van der Waals surface area contributed by atoms with Crippen LogP contribution in [0.2, 0.25) is 5.02 Å². The van der Waals surface area contributed by atoms with Gasteiger partial charge < -0.3 is 20.9 Å². The molecule has 0 bridgehead atoms. The second kappa shape index (κ2) is 14.3. The van der Waals surface area contributed by atoms with E-state index in [0.717, 1.165) is 80.8 Å². The molecule has 0 radical (unpaired) electrons. The van der Waals surface area contributed by atoms with Gasteiger partial charge in [-0.05, 0) is 79.5 Å². The Balaban J connectivity index is 1.15. The molecule has 2 atom stereocenters. The van der Waals surface area contributed by atoms with Crippen molar-refractivity contribution in [2.45, 2.75) is 70.9 Å². The number of nitrogens with one attached hydrogen (secondary N) is 4. The molecule has 10 heteroatoms. The predicted octanol–water partition coefficient (Wildman–Crippen LogP) is 6.32. The van der Waals surface area contributed by atoms with Gasteiger partial charge in [0, 0.05) is 42.3 Å². The highest BCUT2D eigenvalue weighted by molar-refractivity contribution is 6.31. The molecule has 0 aliphatic carbocycles. The number of halogens is 2. The molecular weight excluding hydrogens is 589 g/mol.